The van der Waals surface area contributed by atoms with Gasteiger partial charge in [-0.25, -0.2) is 9.78 Å². The van der Waals surface area contributed by atoms with Gasteiger partial charge in [0.2, 0.25) is 5.91 Å². The number of nitrogens with one attached hydrogen (secondary N) is 2. The molecule has 0 aliphatic carbocycles. The van der Waals surface area contributed by atoms with E-state index in [2.05, 4.69) is 20.5 Å². The van der Waals surface area contributed by atoms with Crippen LogP contribution in [0.5, 0.6) is 5.75 Å². The van der Waals surface area contributed by atoms with Gasteiger partial charge in [-0.1, -0.05) is 0 Å². The molecular formula is C19H25N5O3S. The molecule has 1 fully saturated rings. The fraction of sp³-hybridized carbons (Fsp3) is 0.421. The first-order chi connectivity index (χ1) is 13.5. The van der Waals surface area contributed by atoms with E-state index in [4.69, 9.17) is 4.74 Å². The average Bonchev–Trinajstić information content (AvgIpc) is 3.03. The molecule has 0 atom stereocenters. The van der Waals surface area contributed by atoms with Gasteiger partial charge in [0.15, 0.2) is 5.13 Å². The second-order valence-corrected chi connectivity index (χ2v) is 7.74. The van der Waals surface area contributed by atoms with Crippen molar-refractivity contribution in [2.24, 2.45) is 0 Å². The van der Waals surface area contributed by atoms with Gasteiger partial charge in [-0.3, -0.25) is 4.79 Å². The molecule has 0 saturated carbocycles. The number of hydrogen-bond acceptors (Lipinski definition) is 6. The second-order valence-electron chi connectivity index (χ2n) is 6.54. The molecule has 0 unspecified atom stereocenters. The van der Waals surface area contributed by atoms with E-state index in [0.29, 0.717) is 18.2 Å². The number of aryl methyl sites for hydroxylation is 2. The SMILES string of the molecule is COc1ccc(N2CCN(C(=O)NCC(=O)Nc3nc(C)c(C)s3)CC2)cc1. The van der Waals surface area contributed by atoms with Crippen molar-refractivity contribution in [3.63, 3.8) is 0 Å². The summed E-state index contributed by atoms with van der Waals surface area (Å²) in [6, 6.07) is 7.66. The number of carbonyl (C=O) groups is 2. The van der Waals surface area contributed by atoms with Crippen LogP contribution in [0.2, 0.25) is 0 Å². The Morgan fingerprint density at radius 3 is 2.39 bits per heavy atom. The molecule has 3 amide bonds. The summed E-state index contributed by atoms with van der Waals surface area (Å²) in [4.78, 5) is 33.6. The quantitative estimate of drug-likeness (QED) is 0.800. The van der Waals surface area contributed by atoms with Gasteiger partial charge in [0, 0.05) is 36.7 Å². The number of ether oxygens (including phenoxy) is 1. The zero-order valence-electron chi connectivity index (χ0n) is 16.3. The molecule has 1 aliphatic heterocycles. The maximum atomic E-state index is 12.3. The molecule has 0 radical (unpaired) electrons. The fourth-order valence-corrected chi connectivity index (χ4v) is 3.75. The first-order valence-corrected chi connectivity index (χ1v) is 9.93. The van der Waals surface area contributed by atoms with Crippen LogP contribution in [0.3, 0.4) is 0 Å². The summed E-state index contributed by atoms with van der Waals surface area (Å²) < 4.78 is 5.18. The van der Waals surface area contributed by atoms with Crippen LogP contribution in [-0.4, -0.2) is 61.7 Å². The summed E-state index contributed by atoms with van der Waals surface area (Å²) in [6.07, 6.45) is 0. The van der Waals surface area contributed by atoms with Crippen molar-refractivity contribution in [1.29, 1.82) is 0 Å². The number of nitrogens with zero attached hydrogens (tertiary/aromatic N) is 3. The van der Waals surface area contributed by atoms with E-state index in [-0.39, 0.29) is 18.5 Å². The Labute approximate surface area is 168 Å². The maximum Gasteiger partial charge on any atom is 0.317 e. The molecule has 8 nitrogen and oxygen atoms in total. The number of urea groups is 1. The number of anilines is 2. The molecular weight excluding hydrogens is 378 g/mol. The van der Waals surface area contributed by atoms with Gasteiger partial charge in [0.05, 0.1) is 19.3 Å². The summed E-state index contributed by atoms with van der Waals surface area (Å²) in [5.41, 5.74) is 2.01. The zero-order chi connectivity index (χ0) is 20.1. The Morgan fingerprint density at radius 1 is 1.14 bits per heavy atom. The summed E-state index contributed by atoms with van der Waals surface area (Å²) >= 11 is 1.43. The van der Waals surface area contributed by atoms with Crippen molar-refractivity contribution in [2.75, 3.05) is 50.1 Å². The summed E-state index contributed by atoms with van der Waals surface area (Å²) in [5.74, 6) is 0.544. The predicted octanol–water partition coefficient (Wildman–Crippen LogP) is 2.24. The van der Waals surface area contributed by atoms with Crippen LogP contribution in [0.4, 0.5) is 15.6 Å². The number of aromatic nitrogens is 1. The molecule has 3 rings (SSSR count). The molecule has 150 valence electrons. The smallest absolute Gasteiger partial charge is 0.317 e. The van der Waals surface area contributed by atoms with E-state index < -0.39 is 0 Å². The normalized spacial score (nSPS) is 14.0. The number of benzene rings is 1. The van der Waals surface area contributed by atoms with E-state index in [0.717, 1.165) is 35.1 Å². The molecule has 1 saturated heterocycles. The first-order valence-electron chi connectivity index (χ1n) is 9.12. The van der Waals surface area contributed by atoms with Gasteiger partial charge < -0.3 is 25.2 Å². The number of piperazine rings is 1. The summed E-state index contributed by atoms with van der Waals surface area (Å²) in [7, 11) is 1.64. The lowest BCUT2D eigenvalue weighted by molar-refractivity contribution is -0.115. The molecule has 2 N–H and O–H groups in total. The number of amides is 3. The van der Waals surface area contributed by atoms with E-state index in [1.54, 1.807) is 12.0 Å². The molecule has 1 aromatic carbocycles. The topological polar surface area (TPSA) is 86.8 Å². The third kappa shape index (κ3) is 4.92. The highest BCUT2D eigenvalue weighted by Crippen LogP contribution is 2.21. The minimum atomic E-state index is -0.279. The molecule has 2 aromatic rings. The zero-order valence-corrected chi connectivity index (χ0v) is 17.1. The predicted molar refractivity (Wildman–Crippen MR) is 110 cm³/mol. The summed E-state index contributed by atoms with van der Waals surface area (Å²) in [5, 5.41) is 5.95. The number of methoxy groups -OCH3 is 1. The van der Waals surface area contributed by atoms with Crippen LogP contribution in [0.15, 0.2) is 24.3 Å². The third-order valence-electron chi connectivity index (χ3n) is 4.68. The average molecular weight is 404 g/mol. The minimum Gasteiger partial charge on any atom is -0.497 e. The van der Waals surface area contributed by atoms with Crippen molar-refractivity contribution in [3.8, 4) is 5.75 Å². The van der Waals surface area contributed by atoms with Gasteiger partial charge in [-0.2, -0.15) is 0 Å². The molecule has 1 aromatic heterocycles. The standard InChI is InChI=1S/C19H25N5O3S/c1-13-14(2)28-18(21-13)22-17(25)12-20-19(26)24-10-8-23(9-11-24)15-4-6-16(27-3)7-5-15/h4-7H,8-12H2,1-3H3,(H,20,26)(H,21,22,25). The van der Waals surface area contributed by atoms with E-state index >= 15 is 0 Å². The highest BCUT2D eigenvalue weighted by atomic mass is 32.1. The number of hydrogen-bond donors (Lipinski definition) is 2. The monoisotopic (exact) mass is 403 g/mol. The Kier molecular flexibility index (Phi) is 6.35. The lowest BCUT2D eigenvalue weighted by Gasteiger charge is -2.36. The molecule has 1 aliphatic rings. The van der Waals surface area contributed by atoms with Crippen molar-refractivity contribution >= 4 is 34.1 Å². The van der Waals surface area contributed by atoms with Crippen LogP contribution in [-0.2, 0) is 4.79 Å². The van der Waals surface area contributed by atoms with Crippen LogP contribution in [0.25, 0.3) is 0 Å². The van der Waals surface area contributed by atoms with Crippen LogP contribution in [0.1, 0.15) is 10.6 Å². The Balaban J connectivity index is 1.42. The van der Waals surface area contributed by atoms with Crippen molar-refractivity contribution < 1.29 is 14.3 Å². The van der Waals surface area contributed by atoms with Gasteiger partial charge in [-0.05, 0) is 38.1 Å². The van der Waals surface area contributed by atoms with Crippen LogP contribution < -0.4 is 20.3 Å². The fourth-order valence-electron chi connectivity index (χ4n) is 2.92. The van der Waals surface area contributed by atoms with E-state index in [9.17, 15) is 9.59 Å². The minimum absolute atomic E-state index is 0.0742. The lowest BCUT2D eigenvalue weighted by Crippen LogP contribution is -2.52. The Hall–Kier alpha value is -2.81. The maximum absolute atomic E-state index is 12.3. The van der Waals surface area contributed by atoms with E-state index in [1.165, 1.54) is 11.3 Å². The van der Waals surface area contributed by atoms with Gasteiger partial charge in [-0.15, -0.1) is 11.3 Å². The number of rotatable bonds is 5. The molecule has 0 bridgehead atoms. The second kappa shape index (κ2) is 8.92. The van der Waals surface area contributed by atoms with Crippen LogP contribution >= 0.6 is 11.3 Å². The highest BCUT2D eigenvalue weighted by molar-refractivity contribution is 7.15. The number of thiazole rings is 1. The Bertz CT molecular complexity index is 809. The lowest BCUT2D eigenvalue weighted by atomic mass is 10.2. The van der Waals surface area contributed by atoms with Gasteiger partial charge in [0.25, 0.3) is 0 Å². The third-order valence-corrected chi connectivity index (χ3v) is 5.67. The highest BCUT2D eigenvalue weighted by Gasteiger charge is 2.21. The van der Waals surface area contributed by atoms with Gasteiger partial charge >= 0.3 is 6.03 Å². The molecule has 2 heterocycles. The Morgan fingerprint density at radius 2 is 1.82 bits per heavy atom. The first kappa shape index (κ1) is 19.9. The van der Waals surface area contributed by atoms with Crippen molar-refractivity contribution in [1.82, 2.24) is 15.2 Å². The van der Waals surface area contributed by atoms with Crippen LogP contribution in [0, 0.1) is 13.8 Å². The van der Waals surface area contributed by atoms with Crippen molar-refractivity contribution in [3.05, 3.63) is 34.8 Å². The number of carbonyl (C=O) groups excluding carboxylic acids is 2. The van der Waals surface area contributed by atoms with Gasteiger partial charge in [0.1, 0.15) is 5.75 Å². The largest absolute Gasteiger partial charge is 0.497 e. The molecule has 0 spiro atoms. The van der Waals surface area contributed by atoms with E-state index in [1.807, 2.05) is 38.1 Å². The van der Waals surface area contributed by atoms with Crippen molar-refractivity contribution in [2.45, 2.75) is 13.8 Å². The molecule has 28 heavy (non-hydrogen) atoms. The summed E-state index contributed by atoms with van der Waals surface area (Å²) in [6.45, 7) is 6.46. The molecule has 9 heteroatoms.